The van der Waals surface area contributed by atoms with Gasteiger partial charge in [-0.25, -0.2) is 4.98 Å². The Morgan fingerprint density at radius 1 is 1.19 bits per heavy atom. The van der Waals surface area contributed by atoms with Crippen LogP contribution in [0.3, 0.4) is 0 Å². The molecule has 7 nitrogen and oxygen atoms in total. The second-order valence-electron chi connectivity index (χ2n) is 10.1. The van der Waals surface area contributed by atoms with Gasteiger partial charge in [0.15, 0.2) is 0 Å². The Bertz CT molecular complexity index is 985. The predicted octanol–water partition coefficient (Wildman–Crippen LogP) is 5.57. The van der Waals surface area contributed by atoms with Crippen LogP contribution in [0, 0.1) is 18.3 Å². The lowest BCUT2D eigenvalue weighted by molar-refractivity contribution is -0.131. The van der Waals surface area contributed by atoms with Gasteiger partial charge in [0.05, 0.1) is 16.1 Å². The van der Waals surface area contributed by atoms with Crippen LogP contribution in [0.2, 0.25) is 0 Å². The fourth-order valence-electron chi connectivity index (χ4n) is 3.85. The summed E-state index contributed by atoms with van der Waals surface area (Å²) in [6, 6.07) is 8.05. The van der Waals surface area contributed by atoms with Crippen LogP contribution < -0.4 is 10.6 Å². The average molecular weight is 531 g/mol. The second-order valence-corrected chi connectivity index (χ2v) is 10.9. The molecule has 0 saturated carbocycles. The predicted molar refractivity (Wildman–Crippen MR) is 153 cm³/mol. The van der Waals surface area contributed by atoms with Crippen molar-refractivity contribution in [3.05, 3.63) is 41.0 Å². The fourth-order valence-corrected chi connectivity index (χ4v) is 4.66. The standard InChI is InChI=1S/C17H19N3O2S.C10H21NO.C2H6/c1-12-16(23-10-19-12)14-6-4-13(5-7-14)9-18-17(22)15-3-2-8-20(15)11-21;1-7(2)10(5,6)8(3)11-9(4)12;1-2/h4-7,10-11,15H,2-3,8-9H2,1H3,(H,18,22);7-8H,1-6H3,(H,11,12);1-2H3. The third-order valence-electron chi connectivity index (χ3n) is 7.18. The summed E-state index contributed by atoms with van der Waals surface area (Å²) in [5, 5.41) is 5.85. The van der Waals surface area contributed by atoms with E-state index in [4.69, 9.17) is 0 Å². The minimum atomic E-state index is -0.313. The molecule has 8 heteroatoms. The van der Waals surface area contributed by atoms with E-state index in [9.17, 15) is 14.4 Å². The Morgan fingerprint density at radius 2 is 1.81 bits per heavy atom. The lowest BCUT2D eigenvalue weighted by Crippen LogP contribution is -2.44. The highest BCUT2D eigenvalue weighted by atomic mass is 32.1. The number of aromatic nitrogens is 1. The Balaban J connectivity index is 0.000000417. The maximum Gasteiger partial charge on any atom is 0.243 e. The number of hydrogen-bond acceptors (Lipinski definition) is 5. The minimum absolute atomic E-state index is 0.0521. The molecular formula is C29H46N4O3S. The molecule has 3 rings (SSSR count). The van der Waals surface area contributed by atoms with Gasteiger partial charge in [0.25, 0.3) is 0 Å². The number of rotatable bonds is 8. The molecule has 0 bridgehead atoms. The highest BCUT2D eigenvalue weighted by Crippen LogP contribution is 2.30. The van der Waals surface area contributed by atoms with E-state index in [2.05, 4.69) is 62.4 Å². The van der Waals surface area contributed by atoms with E-state index in [0.29, 0.717) is 19.0 Å². The van der Waals surface area contributed by atoms with Gasteiger partial charge in [-0.1, -0.05) is 65.8 Å². The molecular weight excluding hydrogens is 484 g/mol. The van der Waals surface area contributed by atoms with Crippen molar-refractivity contribution in [1.82, 2.24) is 20.5 Å². The number of benzene rings is 1. The summed E-state index contributed by atoms with van der Waals surface area (Å²) in [7, 11) is 0. The van der Waals surface area contributed by atoms with E-state index in [1.165, 1.54) is 4.88 Å². The molecule has 2 N–H and O–H groups in total. The van der Waals surface area contributed by atoms with Crippen LogP contribution >= 0.6 is 11.3 Å². The van der Waals surface area contributed by atoms with Crippen molar-refractivity contribution in [3.63, 3.8) is 0 Å². The van der Waals surface area contributed by atoms with Gasteiger partial charge < -0.3 is 15.5 Å². The SMILES string of the molecule is CC.CC(=O)NC(C)C(C)(C)C(C)C.Cc1ncsc1-c1ccc(CNC(=O)C2CCCN2C=O)cc1. The maximum absolute atomic E-state index is 12.2. The molecule has 2 aromatic rings. The van der Waals surface area contributed by atoms with Gasteiger partial charge in [0.2, 0.25) is 18.2 Å². The number of carbonyl (C=O) groups is 3. The quantitative estimate of drug-likeness (QED) is 0.436. The molecule has 1 aliphatic rings. The number of aryl methyl sites for hydroxylation is 1. The van der Waals surface area contributed by atoms with Gasteiger partial charge in [-0.2, -0.15) is 0 Å². The van der Waals surface area contributed by atoms with Crippen molar-refractivity contribution in [1.29, 1.82) is 0 Å². The van der Waals surface area contributed by atoms with Crippen molar-refractivity contribution in [2.75, 3.05) is 6.54 Å². The smallest absolute Gasteiger partial charge is 0.243 e. The van der Waals surface area contributed by atoms with E-state index in [0.717, 1.165) is 36.1 Å². The Kier molecular flexibility index (Phi) is 13.5. The monoisotopic (exact) mass is 530 g/mol. The normalized spacial score (nSPS) is 15.6. The van der Waals surface area contributed by atoms with Crippen LogP contribution in [0.15, 0.2) is 29.8 Å². The van der Waals surface area contributed by atoms with Crippen LogP contribution in [-0.4, -0.2) is 46.7 Å². The van der Waals surface area contributed by atoms with Gasteiger partial charge >= 0.3 is 0 Å². The molecule has 2 atom stereocenters. The summed E-state index contributed by atoms with van der Waals surface area (Å²) in [6.45, 7) is 19.5. The summed E-state index contributed by atoms with van der Waals surface area (Å²) in [6.07, 6.45) is 2.40. The highest BCUT2D eigenvalue weighted by Gasteiger charge is 2.30. The number of nitrogens with zero attached hydrogens (tertiary/aromatic N) is 2. The molecule has 1 aliphatic heterocycles. The van der Waals surface area contributed by atoms with Crippen molar-refractivity contribution in [2.45, 2.75) is 93.8 Å². The Hall–Kier alpha value is -2.74. The molecule has 1 aromatic heterocycles. The fraction of sp³-hybridized carbons (Fsp3) is 0.586. The minimum Gasteiger partial charge on any atom is -0.353 e. The summed E-state index contributed by atoms with van der Waals surface area (Å²) < 4.78 is 0. The largest absolute Gasteiger partial charge is 0.353 e. The van der Waals surface area contributed by atoms with E-state index < -0.39 is 0 Å². The van der Waals surface area contributed by atoms with Gasteiger partial charge in [0, 0.05) is 26.1 Å². The van der Waals surface area contributed by atoms with Crippen molar-refractivity contribution >= 4 is 29.6 Å². The molecule has 0 spiro atoms. The number of amides is 3. The van der Waals surface area contributed by atoms with E-state index in [-0.39, 0.29) is 29.3 Å². The zero-order chi connectivity index (χ0) is 28.2. The number of likely N-dealkylation sites (tertiary alicyclic amines) is 1. The molecule has 0 aliphatic carbocycles. The summed E-state index contributed by atoms with van der Waals surface area (Å²) in [5.74, 6) is 0.549. The van der Waals surface area contributed by atoms with E-state index in [1.807, 2.05) is 38.4 Å². The number of carbonyl (C=O) groups excluding carboxylic acids is 3. The first-order chi connectivity index (χ1) is 17.5. The first kappa shape index (κ1) is 32.3. The molecule has 206 valence electrons. The third kappa shape index (κ3) is 9.58. The lowest BCUT2D eigenvalue weighted by atomic mass is 9.75. The molecule has 1 saturated heterocycles. The van der Waals surface area contributed by atoms with Crippen LogP contribution in [-0.2, 0) is 20.9 Å². The molecule has 1 aromatic carbocycles. The number of nitrogens with one attached hydrogen (secondary N) is 2. The molecule has 0 radical (unpaired) electrons. The molecule has 2 heterocycles. The van der Waals surface area contributed by atoms with E-state index >= 15 is 0 Å². The van der Waals surface area contributed by atoms with Gasteiger partial charge in [-0.05, 0) is 49.1 Å². The topological polar surface area (TPSA) is 91.4 Å². The lowest BCUT2D eigenvalue weighted by Gasteiger charge is -2.36. The second kappa shape index (κ2) is 15.5. The van der Waals surface area contributed by atoms with Gasteiger partial charge in [-0.3, -0.25) is 14.4 Å². The van der Waals surface area contributed by atoms with E-state index in [1.54, 1.807) is 23.2 Å². The Labute approximate surface area is 227 Å². The molecule has 3 amide bonds. The average Bonchev–Trinajstić information content (AvgIpc) is 3.53. The maximum atomic E-state index is 12.2. The van der Waals surface area contributed by atoms with Gasteiger partial charge in [0.1, 0.15) is 6.04 Å². The zero-order valence-electron chi connectivity index (χ0n) is 24.1. The molecule has 2 unspecified atom stereocenters. The summed E-state index contributed by atoms with van der Waals surface area (Å²) in [5.41, 5.74) is 5.22. The van der Waals surface area contributed by atoms with Gasteiger partial charge in [-0.15, -0.1) is 11.3 Å². The van der Waals surface area contributed by atoms with Crippen molar-refractivity contribution < 1.29 is 14.4 Å². The number of hydrogen-bond donors (Lipinski definition) is 2. The van der Waals surface area contributed by atoms with Crippen molar-refractivity contribution in [2.24, 2.45) is 11.3 Å². The van der Waals surface area contributed by atoms with Crippen LogP contribution in [0.5, 0.6) is 0 Å². The molecule has 37 heavy (non-hydrogen) atoms. The number of thiazole rings is 1. The highest BCUT2D eigenvalue weighted by molar-refractivity contribution is 7.13. The third-order valence-corrected chi connectivity index (χ3v) is 8.16. The Morgan fingerprint density at radius 3 is 2.30 bits per heavy atom. The molecule has 1 fully saturated rings. The first-order valence-electron chi connectivity index (χ1n) is 13.2. The van der Waals surface area contributed by atoms with Crippen LogP contribution in [0.4, 0.5) is 0 Å². The summed E-state index contributed by atoms with van der Waals surface area (Å²) >= 11 is 1.63. The van der Waals surface area contributed by atoms with Crippen LogP contribution in [0.1, 0.15) is 79.5 Å². The summed E-state index contributed by atoms with van der Waals surface area (Å²) in [4.78, 5) is 40.9. The first-order valence-corrected chi connectivity index (χ1v) is 14.1. The van der Waals surface area contributed by atoms with Crippen LogP contribution in [0.25, 0.3) is 10.4 Å². The van der Waals surface area contributed by atoms with Crippen molar-refractivity contribution in [3.8, 4) is 10.4 Å². The zero-order valence-corrected chi connectivity index (χ0v) is 24.9.